The first kappa shape index (κ1) is 14.4. The second-order valence-corrected chi connectivity index (χ2v) is 5.13. The third-order valence-electron chi connectivity index (χ3n) is 3.41. The van der Waals surface area contributed by atoms with Crippen LogP contribution in [0.3, 0.4) is 0 Å². The molecule has 0 amide bonds. The molecule has 1 fully saturated rings. The molecule has 1 aromatic rings. The highest BCUT2D eigenvalue weighted by Crippen LogP contribution is 2.18. The van der Waals surface area contributed by atoms with Crippen molar-refractivity contribution in [2.45, 2.75) is 25.0 Å². The summed E-state index contributed by atoms with van der Waals surface area (Å²) in [4.78, 5) is 2.00. The Bertz CT molecular complexity index is 422. The summed E-state index contributed by atoms with van der Waals surface area (Å²) in [5, 5.41) is 0. The van der Waals surface area contributed by atoms with Crippen LogP contribution in [0.25, 0.3) is 0 Å². The molecule has 0 aliphatic carbocycles. The average Bonchev–Trinajstić information content (AvgIpc) is 2.84. The van der Waals surface area contributed by atoms with E-state index in [0.29, 0.717) is 6.54 Å². The summed E-state index contributed by atoms with van der Waals surface area (Å²) in [7, 11) is 1.92. The first-order valence-electron chi connectivity index (χ1n) is 6.57. The fourth-order valence-electron chi connectivity index (χ4n) is 2.44. The first-order chi connectivity index (χ1) is 9.06. The minimum absolute atomic E-state index is 0.221. The Kier molecular flexibility index (Phi) is 4.85. The van der Waals surface area contributed by atoms with Crippen molar-refractivity contribution in [3.05, 3.63) is 35.4 Å². The molecular weight excluding hydrogens is 250 g/mol. The fraction of sp³-hybridized carbons (Fsp3) is 0.571. The maximum absolute atomic E-state index is 13.6. The van der Waals surface area contributed by atoms with E-state index in [1.165, 1.54) is 6.07 Å². The largest absolute Gasteiger partial charge is 0.377 e. The number of hydrogen-bond acceptors (Lipinski definition) is 3. The monoisotopic (exact) mass is 270 g/mol. The lowest BCUT2D eigenvalue weighted by atomic mass is 10.1. The van der Waals surface area contributed by atoms with E-state index in [1.807, 2.05) is 11.9 Å². The summed E-state index contributed by atoms with van der Waals surface area (Å²) >= 11 is 0. The maximum Gasteiger partial charge on any atom is 0.128 e. The second-order valence-electron chi connectivity index (χ2n) is 5.13. The zero-order chi connectivity index (χ0) is 13.8. The van der Waals surface area contributed by atoms with Crippen molar-refractivity contribution in [2.24, 2.45) is 5.73 Å². The van der Waals surface area contributed by atoms with E-state index < -0.39 is 17.7 Å². The predicted molar refractivity (Wildman–Crippen MR) is 69.8 cm³/mol. The molecule has 0 radical (unpaired) electrons. The number of benzene rings is 1. The van der Waals surface area contributed by atoms with Crippen molar-refractivity contribution in [3.63, 3.8) is 0 Å². The van der Waals surface area contributed by atoms with Crippen LogP contribution in [0, 0.1) is 11.6 Å². The zero-order valence-corrected chi connectivity index (χ0v) is 11.1. The van der Waals surface area contributed by atoms with Crippen LogP contribution in [-0.4, -0.2) is 37.7 Å². The zero-order valence-electron chi connectivity index (χ0n) is 11.1. The highest BCUT2D eigenvalue weighted by Gasteiger charge is 2.20. The summed E-state index contributed by atoms with van der Waals surface area (Å²) in [6.45, 7) is 2.05. The molecule has 5 heteroatoms. The molecule has 1 aromatic carbocycles. The minimum Gasteiger partial charge on any atom is -0.377 e. The van der Waals surface area contributed by atoms with Gasteiger partial charge < -0.3 is 15.4 Å². The summed E-state index contributed by atoms with van der Waals surface area (Å²) < 4.78 is 32.2. The van der Waals surface area contributed by atoms with E-state index in [1.54, 1.807) is 0 Å². The van der Waals surface area contributed by atoms with E-state index in [2.05, 4.69) is 0 Å². The molecule has 2 atom stereocenters. The lowest BCUT2D eigenvalue weighted by Gasteiger charge is -2.24. The molecule has 1 heterocycles. The van der Waals surface area contributed by atoms with Gasteiger partial charge in [0.2, 0.25) is 0 Å². The number of nitrogens with zero attached hydrogens (tertiary/aromatic N) is 1. The van der Waals surface area contributed by atoms with E-state index >= 15 is 0 Å². The number of nitrogens with two attached hydrogens (primary N) is 1. The first-order valence-corrected chi connectivity index (χ1v) is 6.57. The van der Waals surface area contributed by atoms with Gasteiger partial charge >= 0.3 is 0 Å². The van der Waals surface area contributed by atoms with Crippen molar-refractivity contribution in [2.75, 3.05) is 26.7 Å². The SMILES string of the molecule is CN(CC1CCCO1)CC(N)c1cc(F)ccc1F. The van der Waals surface area contributed by atoms with Gasteiger partial charge in [0.25, 0.3) is 0 Å². The lowest BCUT2D eigenvalue weighted by Crippen LogP contribution is -2.35. The molecule has 3 nitrogen and oxygen atoms in total. The molecule has 19 heavy (non-hydrogen) atoms. The Hall–Kier alpha value is -1.04. The van der Waals surface area contributed by atoms with Crippen molar-refractivity contribution in [3.8, 4) is 0 Å². The predicted octanol–water partition coefficient (Wildman–Crippen LogP) is 2.08. The summed E-state index contributed by atoms with van der Waals surface area (Å²) in [6, 6.07) is 2.84. The van der Waals surface area contributed by atoms with Crippen LogP contribution >= 0.6 is 0 Å². The van der Waals surface area contributed by atoms with Gasteiger partial charge in [-0.05, 0) is 38.1 Å². The molecule has 2 N–H and O–H groups in total. The Morgan fingerprint density at radius 1 is 1.47 bits per heavy atom. The van der Waals surface area contributed by atoms with Gasteiger partial charge in [0.1, 0.15) is 11.6 Å². The smallest absolute Gasteiger partial charge is 0.128 e. The molecule has 0 aromatic heterocycles. The molecule has 2 unspecified atom stereocenters. The molecule has 2 rings (SSSR count). The Labute approximate surface area is 112 Å². The molecule has 106 valence electrons. The van der Waals surface area contributed by atoms with Crippen LogP contribution in [0.4, 0.5) is 8.78 Å². The number of rotatable bonds is 5. The highest BCUT2D eigenvalue weighted by atomic mass is 19.1. The van der Waals surface area contributed by atoms with Gasteiger partial charge in [-0.15, -0.1) is 0 Å². The summed E-state index contributed by atoms with van der Waals surface area (Å²) in [6.07, 6.45) is 2.37. The number of hydrogen-bond donors (Lipinski definition) is 1. The quantitative estimate of drug-likeness (QED) is 0.890. The lowest BCUT2D eigenvalue weighted by molar-refractivity contribution is 0.0795. The number of likely N-dealkylation sites (N-methyl/N-ethyl adjacent to an activating group) is 1. The Morgan fingerprint density at radius 3 is 2.95 bits per heavy atom. The van der Waals surface area contributed by atoms with E-state index in [-0.39, 0.29) is 11.7 Å². The van der Waals surface area contributed by atoms with Gasteiger partial charge in [0, 0.05) is 31.3 Å². The van der Waals surface area contributed by atoms with Crippen LogP contribution in [-0.2, 0) is 4.74 Å². The highest BCUT2D eigenvalue weighted by molar-refractivity contribution is 5.22. The van der Waals surface area contributed by atoms with Gasteiger partial charge in [-0.2, -0.15) is 0 Å². The van der Waals surface area contributed by atoms with Crippen molar-refractivity contribution in [1.29, 1.82) is 0 Å². The summed E-state index contributed by atoms with van der Waals surface area (Å²) in [5.41, 5.74) is 6.17. The van der Waals surface area contributed by atoms with Crippen molar-refractivity contribution < 1.29 is 13.5 Å². The topological polar surface area (TPSA) is 38.5 Å². The van der Waals surface area contributed by atoms with Crippen LogP contribution in [0.15, 0.2) is 18.2 Å². The second kappa shape index (κ2) is 6.41. The van der Waals surface area contributed by atoms with E-state index in [9.17, 15) is 8.78 Å². The van der Waals surface area contributed by atoms with Crippen LogP contribution in [0.1, 0.15) is 24.4 Å². The standard InChI is InChI=1S/C14H20F2N2O/c1-18(8-11-3-2-6-19-11)9-14(17)12-7-10(15)4-5-13(12)16/h4-5,7,11,14H,2-3,6,8-9,17H2,1H3. The van der Waals surface area contributed by atoms with E-state index in [0.717, 1.165) is 38.1 Å². The molecule has 0 spiro atoms. The molecule has 0 bridgehead atoms. The van der Waals surface area contributed by atoms with Crippen molar-refractivity contribution >= 4 is 0 Å². The van der Waals surface area contributed by atoms with Gasteiger partial charge in [0.05, 0.1) is 6.10 Å². The Morgan fingerprint density at radius 2 is 2.26 bits per heavy atom. The van der Waals surface area contributed by atoms with Crippen LogP contribution in [0.5, 0.6) is 0 Å². The number of halogens is 2. The van der Waals surface area contributed by atoms with Gasteiger partial charge in [-0.1, -0.05) is 0 Å². The Balaban J connectivity index is 1.91. The summed E-state index contributed by atoms with van der Waals surface area (Å²) in [5.74, 6) is -0.923. The van der Waals surface area contributed by atoms with Gasteiger partial charge in [-0.3, -0.25) is 0 Å². The van der Waals surface area contributed by atoms with Crippen LogP contribution in [0.2, 0.25) is 0 Å². The maximum atomic E-state index is 13.6. The van der Waals surface area contributed by atoms with Crippen molar-refractivity contribution in [1.82, 2.24) is 4.90 Å². The number of ether oxygens (including phenoxy) is 1. The average molecular weight is 270 g/mol. The molecule has 1 aliphatic rings. The minimum atomic E-state index is -0.540. The van der Waals surface area contributed by atoms with Gasteiger partial charge in [-0.25, -0.2) is 8.78 Å². The normalized spacial score (nSPS) is 21.0. The van der Waals surface area contributed by atoms with Gasteiger partial charge in [0.15, 0.2) is 0 Å². The third-order valence-corrected chi connectivity index (χ3v) is 3.41. The molecule has 0 saturated carbocycles. The molecular formula is C14H20F2N2O. The molecule has 1 aliphatic heterocycles. The van der Waals surface area contributed by atoms with E-state index in [4.69, 9.17) is 10.5 Å². The molecule has 1 saturated heterocycles. The third kappa shape index (κ3) is 3.96. The van der Waals surface area contributed by atoms with Crippen LogP contribution < -0.4 is 5.73 Å². The fourth-order valence-corrected chi connectivity index (χ4v) is 2.44.